The Morgan fingerprint density at radius 3 is 2.68 bits per heavy atom. The zero-order valence-corrected chi connectivity index (χ0v) is 13.7. The molecule has 0 spiro atoms. The standard InChI is InChI=1S/C16H24BrNO/c1-4-19-13-7-8-14(15(17)11-13)16(2,3)9-10-18-12-5-6-12/h7-8,11-12,18H,4-6,9-10H2,1-3H3. The summed E-state index contributed by atoms with van der Waals surface area (Å²) >= 11 is 3.69. The Morgan fingerprint density at radius 2 is 2.11 bits per heavy atom. The van der Waals surface area contributed by atoms with Crippen LogP contribution in [0.15, 0.2) is 22.7 Å². The maximum Gasteiger partial charge on any atom is 0.120 e. The minimum atomic E-state index is 0.172. The summed E-state index contributed by atoms with van der Waals surface area (Å²) in [6.45, 7) is 8.43. The minimum Gasteiger partial charge on any atom is -0.494 e. The molecule has 0 radical (unpaired) electrons. The van der Waals surface area contributed by atoms with Gasteiger partial charge in [-0.1, -0.05) is 35.8 Å². The number of benzene rings is 1. The van der Waals surface area contributed by atoms with Crippen molar-refractivity contribution < 1.29 is 4.74 Å². The van der Waals surface area contributed by atoms with Crippen LogP contribution in [0.1, 0.15) is 45.6 Å². The topological polar surface area (TPSA) is 21.3 Å². The molecule has 2 nitrogen and oxygen atoms in total. The third-order valence-electron chi connectivity index (χ3n) is 3.74. The lowest BCUT2D eigenvalue weighted by molar-refractivity contribution is 0.339. The lowest BCUT2D eigenvalue weighted by atomic mass is 9.81. The fraction of sp³-hybridized carbons (Fsp3) is 0.625. The summed E-state index contributed by atoms with van der Waals surface area (Å²) < 4.78 is 6.68. The van der Waals surface area contributed by atoms with Crippen LogP contribution >= 0.6 is 15.9 Å². The summed E-state index contributed by atoms with van der Waals surface area (Å²) in [5, 5.41) is 3.59. The van der Waals surface area contributed by atoms with Gasteiger partial charge in [0, 0.05) is 10.5 Å². The van der Waals surface area contributed by atoms with E-state index in [4.69, 9.17) is 4.74 Å². The molecule has 0 amide bonds. The summed E-state index contributed by atoms with van der Waals surface area (Å²) in [7, 11) is 0. The number of nitrogens with one attached hydrogen (secondary N) is 1. The van der Waals surface area contributed by atoms with Crippen LogP contribution in [0.25, 0.3) is 0 Å². The summed E-state index contributed by atoms with van der Waals surface area (Å²) in [4.78, 5) is 0. The van der Waals surface area contributed by atoms with Gasteiger partial charge in [-0.3, -0.25) is 0 Å². The zero-order valence-electron chi connectivity index (χ0n) is 12.1. The fourth-order valence-electron chi connectivity index (χ4n) is 2.31. The molecule has 1 saturated carbocycles. The molecule has 0 saturated heterocycles. The largest absolute Gasteiger partial charge is 0.494 e. The molecule has 0 aromatic heterocycles. The van der Waals surface area contributed by atoms with Crippen LogP contribution in [0.5, 0.6) is 5.75 Å². The molecule has 1 fully saturated rings. The molecule has 0 aliphatic heterocycles. The van der Waals surface area contributed by atoms with Gasteiger partial charge in [-0.25, -0.2) is 0 Å². The van der Waals surface area contributed by atoms with Crippen molar-refractivity contribution in [2.24, 2.45) is 0 Å². The van der Waals surface area contributed by atoms with Crippen molar-refractivity contribution in [3.8, 4) is 5.75 Å². The first kappa shape index (κ1) is 14.9. The van der Waals surface area contributed by atoms with E-state index < -0.39 is 0 Å². The molecular formula is C16H24BrNO. The van der Waals surface area contributed by atoms with Crippen molar-refractivity contribution in [2.45, 2.75) is 51.5 Å². The zero-order chi connectivity index (χ0) is 13.9. The van der Waals surface area contributed by atoms with Crippen LogP contribution in [0.4, 0.5) is 0 Å². The van der Waals surface area contributed by atoms with Crippen LogP contribution in [0.3, 0.4) is 0 Å². The van der Waals surface area contributed by atoms with Crippen molar-refractivity contribution >= 4 is 15.9 Å². The highest BCUT2D eigenvalue weighted by Gasteiger charge is 2.25. The maximum absolute atomic E-state index is 5.53. The van der Waals surface area contributed by atoms with E-state index in [0.29, 0.717) is 6.61 Å². The first-order chi connectivity index (χ1) is 9.03. The molecule has 0 bridgehead atoms. The molecule has 1 N–H and O–H groups in total. The monoisotopic (exact) mass is 325 g/mol. The van der Waals surface area contributed by atoms with Gasteiger partial charge in [-0.05, 0) is 55.8 Å². The maximum atomic E-state index is 5.53. The molecule has 2 rings (SSSR count). The van der Waals surface area contributed by atoms with E-state index in [-0.39, 0.29) is 5.41 Å². The van der Waals surface area contributed by atoms with Gasteiger partial charge in [0.25, 0.3) is 0 Å². The van der Waals surface area contributed by atoms with Gasteiger partial charge in [0.15, 0.2) is 0 Å². The molecule has 0 unspecified atom stereocenters. The van der Waals surface area contributed by atoms with E-state index >= 15 is 0 Å². The highest BCUT2D eigenvalue weighted by Crippen LogP contribution is 2.35. The van der Waals surface area contributed by atoms with Gasteiger partial charge in [0.1, 0.15) is 5.75 Å². The van der Waals surface area contributed by atoms with Gasteiger partial charge < -0.3 is 10.1 Å². The molecule has 1 aromatic rings. The van der Waals surface area contributed by atoms with E-state index in [2.05, 4.69) is 53.3 Å². The molecule has 3 heteroatoms. The fourth-order valence-corrected chi connectivity index (χ4v) is 3.21. The quantitative estimate of drug-likeness (QED) is 0.808. The van der Waals surface area contributed by atoms with Crippen LogP contribution < -0.4 is 10.1 Å². The van der Waals surface area contributed by atoms with Crippen LogP contribution in [0.2, 0.25) is 0 Å². The Hall–Kier alpha value is -0.540. The van der Waals surface area contributed by atoms with Crippen molar-refractivity contribution in [2.75, 3.05) is 13.2 Å². The lowest BCUT2D eigenvalue weighted by Gasteiger charge is -2.27. The van der Waals surface area contributed by atoms with Crippen molar-refractivity contribution in [1.29, 1.82) is 0 Å². The Labute approximate surface area is 125 Å². The Bertz CT molecular complexity index is 427. The van der Waals surface area contributed by atoms with Crippen LogP contribution in [-0.2, 0) is 5.41 Å². The Kier molecular flexibility index (Phi) is 4.91. The molecular weight excluding hydrogens is 302 g/mol. The van der Waals surface area contributed by atoms with Crippen molar-refractivity contribution in [1.82, 2.24) is 5.32 Å². The predicted molar refractivity (Wildman–Crippen MR) is 84.0 cm³/mol. The van der Waals surface area contributed by atoms with Gasteiger partial charge in [0.05, 0.1) is 6.61 Å². The average molecular weight is 326 g/mol. The van der Waals surface area contributed by atoms with E-state index in [0.717, 1.165) is 29.2 Å². The third kappa shape index (κ3) is 4.22. The third-order valence-corrected chi connectivity index (χ3v) is 4.40. The molecule has 0 heterocycles. The second kappa shape index (κ2) is 6.27. The summed E-state index contributed by atoms with van der Waals surface area (Å²) in [5.74, 6) is 0.935. The van der Waals surface area contributed by atoms with Crippen LogP contribution in [-0.4, -0.2) is 19.2 Å². The highest BCUT2D eigenvalue weighted by molar-refractivity contribution is 9.10. The van der Waals surface area contributed by atoms with Crippen LogP contribution in [0, 0.1) is 0 Å². The second-order valence-electron chi connectivity index (χ2n) is 5.94. The van der Waals surface area contributed by atoms with Gasteiger partial charge in [-0.2, -0.15) is 0 Å². The Morgan fingerprint density at radius 1 is 1.37 bits per heavy atom. The summed E-state index contributed by atoms with van der Waals surface area (Å²) in [5.41, 5.74) is 1.53. The van der Waals surface area contributed by atoms with Crippen molar-refractivity contribution in [3.63, 3.8) is 0 Å². The number of hydrogen-bond acceptors (Lipinski definition) is 2. The molecule has 1 aliphatic rings. The van der Waals surface area contributed by atoms with Crippen molar-refractivity contribution in [3.05, 3.63) is 28.2 Å². The summed E-state index contributed by atoms with van der Waals surface area (Å²) in [6, 6.07) is 7.13. The first-order valence-corrected chi connectivity index (χ1v) is 7.98. The normalized spacial score (nSPS) is 15.6. The number of ether oxygens (including phenoxy) is 1. The number of halogens is 1. The molecule has 19 heavy (non-hydrogen) atoms. The first-order valence-electron chi connectivity index (χ1n) is 7.19. The predicted octanol–water partition coefficient (Wildman–Crippen LogP) is 4.27. The van der Waals surface area contributed by atoms with E-state index in [1.165, 1.54) is 18.4 Å². The molecule has 0 atom stereocenters. The van der Waals surface area contributed by atoms with Gasteiger partial charge >= 0.3 is 0 Å². The van der Waals surface area contributed by atoms with Gasteiger partial charge in [-0.15, -0.1) is 0 Å². The number of hydrogen-bond donors (Lipinski definition) is 1. The molecule has 1 aromatic carbocycles. The average Bonchev–Trinajstić information content (AvgIpc) is 3.13. The SMILES string of the molecule is CCOc1ccc(C(C)(C)CCNC2CC2)c(Br)c1. The lowest BCUT2D eigenvalue weighted by Crippen LogP contribution is -2.27. The highest BCUT2D eigenvalue weighted by atomic mass is 79.9. The van der Waals surface area contributed by atoms with E-state index in [1.807, 2.05) is 6.92 Å². The molecule has 106 valence electrons. The number of rotatable bonds is 7. The summed E-state index contributed by atoms with van der Waals surface area (Å²) in [6.07, 6.45) is 3.86. The minimum absolute atomic E-state index is 0.172. The van der Waals surface area contributed by atoms with E-state index in [1.54, 1.807) is 0 Å². The van der Waals surface area contributed by atoms with E-state index in [9.17, 15) is 0 Å². The molecule has 1 aliphatic carbocycles. The smallest absolute Gasteiger partial charge is 0.120 e. The van der Waals surface area contributed by atoms with Gasteiger partial charge in [0.2, 0.25) is 0 Å². The Balaban J connectivity index is 2.00. The second-order valence-corrected chi connectivity index (χ2v) is 6.79.